The van der Waals surface area contributed by atoms with Crippen molar-refractivity contribution in [2.75, 3.05) is 6.61 Å². The van der Waals surface area contributed by atoms with Crippen LogP contribution in [-0.4, -0.2) is 21.1 Å². The third-order valence-electron chi connectivity index (χ3n) is 3.91. The molecule has 2 heterocycles. The monoisotopic (exact) mass is 349 g/mol. The van der Waals surface area contributed by atoms with Crippen molar-refractivity contribution >= 4 is 34.2 Å². The Labute approximate surface area is 145 Å². The highest BCUT2D eigenvalue weighted by molar-refractivity contribution is 6.42. The van der Waals surface area contributed by atoms with Crippen LogP contribution in [0.4, 0.5) is 0 Å². The number of benzene rings is 1. The Kier molecular flexibility index (Phi) is 4.21. The second kappa shape index (κ2) is 6.02. The second-order valence-corrected chi connectivity index (χ2v) is 6.93. The molecule has 0 atom stereocenters. The van der Waals surface area contributed by atoms with Crippen LogP contribution in [0.15, 0.2) is 36.7 Å². The van der Waals surface area contributed by atoms with Gasteiger partial charge in [-0.25, -0.2) is 0 Å². The lowest BCUT2D eigenvalue weighted by atomic mass is 9.86. The molecule has 4 nitrogen and oxygen atoms in total. The van der Waals surface area contributed by atoms with E-state index in [0.717, 1.165) is 16.6 Å². The van der Waals surface area contributed by atoms with Gasteiger partial charge in [0, 0.05) is 18.7 Å². The molecule has 0 amide bonds. The third kappa shape index (κ3) is 3.14. The average molecular weight is 350 g/mol. The number of imidazole rings is 1. The first-order chi connectivity index (χ1) is 10.9. The smallest absolute Gasteiger partial charge is 0.297 e. The third-order valence-corrected chi connectivity index (χ3v) is 4.64. The van der Waals surface area contributed by atoms with Crippen molar-refractivity contribution < 1.29 is 4.74 Å². The molecule has 120 valence electrons. The summed E-state index contributed by atoms with van der Waals surface area (Å²) in [6, 6.07) is 8.09. The number of halogens is 2. The van der Waals surface area contributed by atoms with Crippen LogP contribution in [0.3, 0.4) is 0 Å². The minimum Gasteiger partial charge on any atom is -0.464 e. The number of ether oxygens (including phenoxy) is 1. The van der Waals surface area contributed by atoms with Gasteiger partial charge in [-0.2, -0.15) is 4.98 Å². The van der Waals surface area contributed by atoms with Gasteiger partial charge >= 0.3 is 0 Å². The maximum Gasteiger partial charge on any atom is 0.297 e. The predicted molar refractivity (Wildman–Crippen MR) is 93.5 cm³/mol. The summed E-state index contributed by atoms with van der Waals surface area (Å²) in [5.74, 6) is 0. The molecule has 0 aliphatic carbocycles. The fourth-order valence-electron chi connectivity index (χ4n) is 2.39. The molecule has 3 aromatic rings. The summed E-state index contributed by atoms with van der Waals surface area (Å²) in [6.45, 7) is 4.66. The van der Waals surface area contributed by atoms with Gasteiger partial charge < -0.3 is 4.74 Å². The highest BCUT2D eigenvalue weighted by Crippen LogP contribution is 2.30. The number of hydrogen-bond donors (Lipinski definition) is 0. The first-order valence-corrected chi connectivity index (χ1v) is 7.99. The molecule has 1 aromatic carbocycles. The molecule has 0 saturated heterocycles. The lowest BCUT2D eigenvalue weighted by molar-refractivity contribution is 0.219. The lowest BCUT2D eigenvalue weighted by Crippen LogP contribution is -2.27. The standard InChI is InChI=1S/C17H17Cl2N3O/c1-17(2,11-4-5-12(18)13(19)8-11)10-23-16-21-14-6-7-20-9-15(14)22(16)3/h4-9H,10H2,1-3H3. The van der Waals surface area contributed by atoms with Gasteiger partial charge in [0.2, 0.25) is 0 Å². The Hall–Kier alpha value is -1.78. The first kappa shape index (κ1) is 16.1. The van der Waals surface area contributed by atoms with Crippen molar-refractivity contribution in [2.24, 2.45) is 7.05 Å². The molecule has 0 aliphatic heterocycles. The molecule has 3 rings (SSSR count). The Morgan fingerprint density at radius 2 is 1.96 bits per heavy atom. The molecule has 0 unspecified atom stereocenters. The van der Waals surface area contributed by atoms with Crippen LogP contribution >= 0.6 is 23.2 Å². The molecule has 0 saturated carbocycles. The van der Waals surface area contributed by atoms with Gasteiger partial charge in [-0.3, -0.25) is 9.55 Å². The zero-order chi connectivity index (χ0) is 16.6. The van der Waals surface area contributed by atoms with E-state index in [0.29, 0.717) is 22.7 Å². The average Bonchev–Trinajstić information content (AvgIpc) is 2.85. The first-order valence-electron chi connectivity index (χ1n) is 7.23. The van der Waals surface area contributed by atoms with Crippen molar-refractivity contribution in [3.05, 3.63) is 52.3 Å². The van der Waals surface area contributed by atoms with Crippen LogP contribution < -0.4 is 4.74 Å². The van der Waals surface area contributed by atoms with Crippen molar-refractivity contribution in [1.82, 2.24) is 14.5 Å². The summed E-state index contributed by atoms with van der Waals surface area (Å²) in [6.07, 6.45) is 3.50. The summed E-state index contributed by atoms with van der Waals surface area (Å²) in [4.78, 5) is 8.61. The molecule has 0 bridgehead atoms. The van der Waals surface area contributed by atoms with Gasteiger partial charge in [0.25, 0.3) is 6.01 Å². The molecule has 6 heteroatoms. The zero-order valence-electron chi connectivity index (χ0n) is 13.2. The highest BCUT2D eigenvalue weighted by atomic mass is 35.5. The van der Waals surface area contributed by atoms with Crippen LogP contribution in [0.1, 0.15) is 19.4 Å². The number of fused-ring (bicyclic) bond motifs is 1. The maximum atomic E-state index is 6.12. The van der Waals surface area contributed by atoms with E-state index >= 15 is 0 Å². The van der Waals surface area contributed by atoms with E-state index in [2.05, 4.69) is 23.8 Å². The van der Waals surface area contributed by atoms with E-state index in [1.807, 2.05) is 35.9 Å². The summed E-state index contributed by atoms with van der Waals surface area (Å²) >= 11 is 12.1. The Morgan fingerprint density at radius 3 is 2.65 bits per heavy atom. The molecule has 0 fully saturated rings. The maximum absolute atomic E-state index is 6.12. The second-order valence-electron chi connectivity index (χ2n) is 6.12. The quantitative estimate of drug-likeness (QED) is 0.689. The zero-order valence-corrected chi connectivity index (χ0v) is 14.7. The van der Waals surface area contributed by atoms with Crippen LogP contribution in [0.5, 0.6) is 6.01 Å². The van der Waals surface area contributed by atoms with Gasteiger partial charge in [0.05, 0.1) is 27.3 Å². The number of rotatable bonds is 4. The molecule has 0 N–H and O–H groups in total. The topological polar surface area (TPSA) is 39.9 Å². The summed E-state index contributed by atoms with van der Waals surface area (Å²) in [5.41, 5.74) is 2.64. The normalized spacial score (nSPS) is 11.9. The minimum atomic E-state index is -0.232. The van der Waals surface area contributed by atoms with Gasteiger partial charge in [-0.1, -0.05) is 43.1 Å². The number of hydrogen-bond acceptors (Lipinski definition) is 3. The lowest BCUT2D eigenvalue weighted by Gasteiger charge is -2.25. The van der Waals surface area contributed by atoms with Crippen LogP contribution in [0.2, 0.25) is 10.0 Å². The molecule has 2 aromatic heterocycles. The predicted octanol–water partition coefficient (Wildman–Crippen LogP) is 4.63. The highest BCUT2D eigenvalue weighted by Gasteiger charge is 2.23. The van der Waals surface area contributed by atoms with E-state index in [1.54, 1.807) is 12.4 Å². The molecule has 23 heavy (non-hydrogen) atoms. The van der Waals surface area contributed by atoms with Crippen LogP contribution in [0.25, 0.3) is 11.0 Å². The number of aromatic nitrogens is 3. The van der Waals surface area contributed by atoms with Gasteiger partial charge in [-0.15, -0.1) is 0 Å². The molecule has 0 radical (unpaired) electrons. The van der Waals surface area contributed by atoms with E-state index in [4.69, 9.17) is 27.9 Å². The largest absolute Gasteiger partial charge is 0.464 e. The Bertz CT molecular complexity index is 858. The SMILES string of the molecule is Cn1c(OCC(C)(C)c2ccc(Cl)c(Cl)c2)nc2ccncc21. The Balaban J connectivity index is 1.82. The number of nitrogens with zero attached hydrogens (tertiary/aromatic N) is 3. The van der Waals surface area contributed by atoms with Crippen molar-refractivity contribution in [1.29, 1.82) is 0 Å². The van der Waals surface area contributed by atoms with Crippen molar-refractivity contribution in [3.63, 3.8) is 0 Å². The Morgan fingerprint density at radius 1 is 1.17 bits per heavy atom. The van der Waals surface area contributed by atoms with E-state index in [-0.39, 0.29) is 5.41 Å². The van der Waals surface area contributed by atoms with Crippen molar-refractivity contribution in [3.8, 4) is 6.01 Å². The van der Waals surface area contributed by atoms with Gasteiger partial charge in [-0.05, 0) is 23.8 Å². The van der Waals surface area contributed by atoms with Gasteiger partial charge in [0.15, 0.2) is 0 Å². The minimum absolute atomic E-state index is 0.232. The fraction of sp³-hybridized carbons (Fsp3) is 0.294. The summed E-state index contributed by atoms with van der Waals surface area (Å²) in [5, 5.41) is 1.10. The summed E-state index contributed by atoms with van der Waals surface area (Å²) in [7, 11) is 1.92. The fourth-order valence-corrected chi connectivity index (χ4v) is 2.69. The van der Waals surface area contributed by atoms with Crippen molar-refractivity contribution in [2.45, 2.75) is 19.3 Å². The van der Waals surface area contributed by atoms with E-state index in [1.165, 1.54) is 0 Å². The van der Waals surface area contributed by atoms with E-state index < -0.39 is 0 Å². The van der Waals surface area contributed by atoms with Gasteiger partial charge in [0.1, 0.15) is 6.61 Å². The number of pyridine rings is 1. The molecular formula is C17H17Cl2N3O. The van der Waals surface area contributed by atoms with E-state index in [9.17, 15) is 0 Å². The molecule has 0 spiro atoms. The molecule has 0 aliphatic rings. The number of aryl methyl sites for hydroxylation is 1. The summed E-state index contributed by atoms with van der Waals surface area (Å²) < 4.78 is 7.86. The van der Waals surface area contributed by atoms with Crippen LogP contribution in [-0.2, 0) is 12.5 Å². The van der Waals surface area contributed by atoms with Crippen LogP contribution in [0, 0.1) is 0 Å². The molecular weight excluding hydrogens is 333 g/mol.